The lowest BCUT2D eigenvalue weighted by atomic mass is 9.98. The van der Waals surface area contributed by atoms with Crippen molar-refractivity contribution in [3.05, 3.63) is 33.9 Å². The molecule has 0 amide bonds. The number of hydrogen-bond donors (Lipinski definition) is 1. The van der Waals surface area contributed by atoms with Crippen LogP contribution in [0.3, 0.4) is 0 Å². The molecule has 0 spiro atoms. The number of aryl methyl sites for hydroxylation is 1. The Balaban J connectivity index is 1.86. The van der Waals surface area contributed by atoms with Crippen LogP contribution in [0.5, 0.6) is 0 Å². The van der Waals surface area contributed by atoms with E-state index in [1.165, 1.54) is 12.8 Å². The van der Waals surface area contributed by atoms with Crippen LogP contribution in [0.4, 0.5) is 11.4 Å². The molecule has 21 heavy (non-hydrogen) atoms. The minimum Gasteiger partial charge on any atom is -0.363 e. The molecule has 1 heterocycles. The molecule has 1 aromatic carbocycles. The highest BCUT2D eigenvalue weighted by molar-refractivity contribution is 5.65. The van der Waals surface area contributed by atoms with E-state index in [2.05, 4.69) is 10.2 Å². The van der Waals surface area contributed by atoms with Gasteiger partial charge < -0.3 is 10.2 Å². The van der Waals surface area contributed by atoms with Gasteiger partial charge in [0.1, 0.15) is 5.69 Å². The van der Waals surface area contributed by atoms with Gasteiger partial charge in [0.05, 0.1) is 4.92 Å². The number of nitrogens with zero attached hydrogens (tertiary/aromatic N) is 2. The summed E-state index contributed by atoms with van der Waals surface area (Å²) in [7, 11) is 0. The van der Waals surface area contributed by atoms with Crippen LogP contribution in [0.25, 0.3) is 0 Å². The molecule has 3 rings (SSSR count). The summed E-state index contributed by atoms with van der Waals surface area (Å²) in [4.78, 5) is 13.4. The second kappa shape index (κ2) is 6.02. The summed E-state index contributed by atoms with van der Waals surface area (Å²) in [6.07, 6.45) is 4.74. The average Bonchev–Trinajstić information content (AvgIpc) is 3.30. The molecule has 1 aliphatic heterocycles. The Morgan fingerprint density at radius 2 is 2.19 bits per heavy atom. The lowest BCUT2D eigenvalue weighted by Gasteiger charge is -2.31. The van der Waals surface area contributed by atoms with Crippen LogP contribution in [0.15, 0.2) is 18.2 Å². The van der Waals surface area contributed by atoms with Crippen LogP contribution < -0.4 is 10.2 Å². The molecule has 1 N–H and O–H groups in total. The molecule has 1 unspecified atom stereocenters. The Bertz CT molecular complexity index is 522. The van der Waals surface area contributed by atoms with E-state index < -0.39 is 0 Å². The van der Waals surface area contributed by atoms with Gasteiger partial charge in [-0.2, -0.15) is 0 Å². The third-order valence-electron chi connectivity index (χ3n) is 4.48. The summed E-state index contributed by atoms with van der Waals surface area (Å²) in [5.74, 6) is 0.597. The van der Waals surface area contributed by atoms with Crippen molar-refractivity contribution >= 4 is 11.4 Å². The zero-order chi connectivity index (χ0) is 14.8. The van der Waals surface area contributed by atoms with Crippen LogP contribution in [0.2, 0.25) is 0 Å². The van der Waals surface area contributed by atoms with Gasteiger partial charge in [0.15, 0.2) is 0 Å². The molecule has 114 valence electrons. The summed E-state index contributed by atoms with van der Waals surface area (Å²) in [6, 6.07) is 5.95. The normalized spacial score (nSPS) is 22.0. The van der Waals surface area contributed by atoms with Gasteiger partial charge in [-0.25, -0.2) is 0 Å². The number of hydrogen-bond acceptors (Lipinski definition) is 4. The molecule has 1 saturated heterocycles. The Hall–Kier alpha value is -1.62. The van der Waals surface area contributed by atoms with Crippen LogP contribution in [-0.4, -0.2) is 30.6 Å². The molecule has 0 aromatic heterocycles. The highest BCUT2D eigenvalue weighted by Gasteiger charge is 2.34. The third-order valence-corrected chi connectivity index (χ3v) is 4.48. The molecule has 1 aliphatic carbocycles. The van der Waals surface area contributed by atoms with Gasteiger partial charge in [-0.15, -0.1) is 0 Å². The van der Waals surface area contributed by atoms with E-state index in [9.17, 15) is 10.1 Å². The first-order valence-corrected chi connectivity index (χ1v) is 7.87. The molecule has 5 heteroatoms. The fraction of sp³-hybridized carbons (Fsp3) is 0.625. The predicted molar refractivity (Wildman–Crippen MR) is 83.8 cm³/mol. The topological polar surface area (TPSA) is 58.4 Å². The van der Waals surface area contributed by atoms with E-state index in [1.807, 2.05) is 19.1 Å². The van der Waals surface area contributed by atoms with Crippen LogP contribution >= 0.6 is 0 Å². The standard InChI is InChI=1S/C16H23N3O2/c1-12-4-7-15(19(20)21)16(9-12)18(14-5-6-14)11-13-3-2-8-17-10-13/h4,7,9,13-14,17H,2-3,5-6,8,10-11H2,1H3. The first-order chi connectivity index (χ1) is 10.1. The fourth-order valence-electron chi connectivity index (χ4n) is 3.21. The van der Waals surface area contributed by atoms with Gasteiger partial charge in [-0.05, 0) is 63.2 Å². The van der Waals surface area contributed by atoms with Crippen molar-refractivity contribution in [3.8, 4) is 0 Å². The molecule has 1 saturated carbocycles. The van der Waals surface area contributed by atoms with E-state index >= 15 is 0 Å². The van der Waals surface area contributed by atoms with Crippen LogP contribution in [0, 0.1) is 23.0 Å². The molecular weight excluding hydrogens is 266 g/mol. The molecule has 2 aliphatic rings. The Morgan fingerprint density at radius 1 is 1.38 bits per heavy atom. The maximum absolute atomic E-state index is 11.3. The summed E-state index contributed by atoms with van der Waals surface area (Å²) in [5, 5.41) is 14.8. The molecule has 0 radical (unpaired) electrons. The second-order valence-electron chi connectivity index (χ2n) is 6.35. The number of nitro groups is 1. The minimum atomic E-state index is -0.247. The van der Waals surface area contributed by atoms with Crippen LogP contribution in [0.1, 0.15) is 31.2 Å². The highest BCUT2D eigenvalue weighted by atomic mass is 16.6. The molecular formula is C16H23N3O2. The summed E-state index contributed by atoms with van der Waals surface area (Å²) in [5.41, 5.74) is 2.15. The van der Waals surface area contributed by atoms with Gasteiger partial charge in [-0.3, -0.25) is 10.1 Å². The first-order valence-electron chi connectivity index (χ1n) is 7.87. The fourth-order valence-corrected chi connectivity index (χ4v) is 3.21. The molecule has 1 atom stereocenters. The highest BCUT2D eigenvalue weighted by Crippen LogP contribution is 2.38. The quantitative estimate of drug-likeness (QED) is 0.669. The smallest absolute Gasteiger partial charge is 0.292 e. The predicted octanol–water partition coefficient (Wildman–Crippen LogP) is 2.87. The van der Waals surface area contributed by atoms with E-state index in [-0.39, 0.29) is 10.6 Å². The van der Waals surface area contributed by atoms with Gasteiger partial charge in [0.25, 0.3) is 5.69 Å². The van der Waals surface area contributed by atoms with Gasteiger partial charge in [0.2, 0.25) is 0 Å². The van der Waals surface area contributed by atoms with Gasteiger partial charge in [0, 0.05) is 18.7 Å². The Morgan fingerprint density at radius 3 is 2.81 bits per heavy atom. The molecule has 0 bridgehead atoms. The molecule has 2 fully saturated rings. The SMILES string of the molecule is Cc1ccc([N+](=O)[O-])c(N(CC2CCCNC2)C2CC2)c1. The number of benzene rings is 1. The van der Waals surface area contributed by atoms with Crippen molar-refractivity contribution in [1.29, 1.82) is 0 Å². The van der Waals surface area contributed by atoms with E-state index in [0.717, 1.165) is 43.7 Å². The van der Waals surface area contributed by atoms with Crippen molar-refractivity contribution in [3.63, 3.8) is 0 Å². The first kappa shape index (κ1) is 14.3. The van der Waals surface area contributed by atoms with Crippen molar-refractivity contribution in [1.82, 2.24) is 5.32 Å². The number of anilines is 1. The van der Waals surface area contributed by atoms with Crippen LogP contribution in [-0.2, 0) is 0 Å². The molecule has 5 nitrogen and oxygen atoms in total. The van der Waals surface area contributed by atoms with Crippen molar-refractivity contribution in [2.45, 2.75) is 38.6 Å². The molecule has 1 aromatic rings. The number of nitro benzene ring substituents is 1. The van der Waals surface area contributed by atoms with Gasteiger partial charge in [-0.1, -0.05) is 6.07 Å². The summed E-state index contributed by atoms with van der Waals surface area (Å²) >= 11 is 0. The largest absolute Gasteiger partial charge is 0.363 e. The second-order valence-corrected chi connectivity index (χ2v) is 6.35. The maximum Gasteiger partial charge on any atom is 0.292 e. The van der Waals surface area contributed by atoms with E-state index in [4.69, 9.17) is 0 Å². The number of rotatable bonds is 5. The zero-order valence-electron chi connectivity index (χ0n) is 12.5. The van der Waals surface area contributed by atoms with E-state index in [0.29, 0.717) is 12.0 Å². The lowest BCUT2D eigenvalue weighted by molar-refractivity contribution is -0.384. The third kappa shape index (κ3) is 3.35. The minimum absolute atomic E-state index is 0.247. The maximum atomic E-state index is 11.3. The lowest BCUT2D eigenvalue weighted by Crippen LogP contribution is -2.39. The summed E-state index contributed by atoms with van der Waals surface area (Å²) in [6.45, 7) is 5.07. The average molecular weight is 289 g/mol. The van der Waals surface area contributed by atoms with Gasteiger partial charge >= 0.3 is 0 Å². The van der Waals surface area contributed by atoms with Crippen molar-refractivity contribution in [2.24, 2.45) is 5.92 Å². The van der Waals surface area contributed by atoms with Crippen molar-refractivity contribution < 1.29 is 4.92 Å². The summed E-state index contributed by atoms with van der Waals surface area (Å²) < 4.78 is 0. The monoisotopic (exact) mass is 289 g/mol. The number of piperidine rings is 1. The Kier molecular flexibility index (Phi) is 4.10. The van der Waals surface area contributed by atoms with Crippen molar-refractivity contribution in [2.75, 3.05) is 24.5 Å². The van der Waals surface area contributed by atoms with E-state index in [1.54, 1.807) is 6.07 Å². The zero-order valence-corrected chi connectivity index (χ0v) is 12.5. The Labute approximate surface area is 125 Å². The number of nitrogens with one attached hydrogen (secondary N) is 1.